The van der Waals surface area contributed by atoms with E-state index in [1.165, 1.54) is 32.1 Å². The summed E-state index contributed by atoms with van der Waals surface area (Å²) in [5.74, 6) is 0. The van der Waals surface area contributed by atoms with Gasteiger partial charge in [0.25, 0.3) is 0 Å². The van der Waals surface area contributed by atoms with Crippen LogP contribution in [0.3, 0.4) is 0 Å². The third-order valence-electron chi connectivity index (χ3n) is 4.36. The van der Waals surface area contributed by atoms with E-state index in [0.29, 0.717) is 11.2 Å². The fourth-order valence-corrected chi connectivity index (χ4v) is 3.60. The first-order valence-electron chi connectivity index (χ1n) is 7.28. The van der Waals surface area contributed by atoms with Crippen LogP contribution in [0.15, 0.2) is 18.3 Å². The third-order valence-corrected chi connectivity index (χ3v) is 4.56. The molecule has 0 radical (unpaired) electrons. The first kappa shape index (κ1) is 13.2. The number of halogens is 1. The summed E-state index contributed by atoms with van der Waals surface area (Å²) in [6.45, 7) is 0.872. The molecule has 2 heterocycles. The summed E-state index contributed by atoms with van der Waals surface area (Å²) in [5, 5.41) is 4.13. The molecule has 1 unspecified atom stereocenters. The molecule has 0 bridgehead atoms. The molecule has 0 aromatic carbocycles. The number of nitrogens with zero attached hydrogens (tertiary/aromatic N) is 1. The zero-order chi connectivity index (χ0) is 13.1. The van der Waals surface area contributed by atoms with E-state index in [9.17, 15) is 0 Å². The Kier molecular flexibility index (Phi) is 3.94. The standard InChI is InChI=1S/C15H21ClN2O/c16-14-10-12(4-8-17-14)18-13-5-9-19-15(11-13)6-2-1-3-7-15/h4,8,10,13H,1-3,5-7,9,11H2,(H,17,18). The summed E-state index contributed by atoms with van der Waals surface area (Å²) in [6.07, 6.45) is 10.4. The minimum atomic E-state index is 0.144. The van der Waals surface area contributed by atoms with Gasteiger partial charge >= 0.3 is 0 Å². The van der Waals surface area contributed by atoms with Crippen LogP contribution in [0, 0.1) is 0 Å². The fraction of sp³-hybridized carbons (Fsp3) is 0.667. The lowest BCUT2D eigenvalue weighted by Crippen LogP contribution is -2.45. The van der Waals surface area contributed by atoms with Crippen molar-refractivity contribution >= 4 is 17.3 Å². The number of nitrogens with one attached hydrogen (secondary N) is 1. The minimum absolute atomic E-state index is 0.144. The highest BCUT2D eigenvalue weighted by Gasteiger charge is 2.38. The van der Waals surface area contributed by atoms with Gasteiger partial charge in [-0.25, -0.2) is 4.98 Å². The molecule has 4 heteroatoms. The topological polar surface area (TPSA) is 34.1 Å². The van der Waals surface area contributed by atoms with Crippen LogP contribution in [0.4, 0.5) is 5.69 Å². The average molecular weight is 281 g/mol. The largest absolute Gasteiger partial charge is 0.382 e. The van der Waals surface area contributed by atoms with Crippen LogP contribution >= 0.6 is 11.6 Å². The molecule has 1 spiro atoms. The molecule has 1 aromatic rings. The number of anilines is 1. The van der Waals surface area contributed by atoms with Crippen LogP contribution in [0.25, 0.3) is 0 Å². The average Bonchev–Trinajstić information content (AvgIpc) is 2.40. The number of aromatic nitrogens is 1. The third kappa shape index (κ3) is 3.21. The van der Waals surface area contributed by atoms with Gasteiger partial charge in [-0.2, -0.15) is 0 Å². The van der Waals surface area contributed by atoms with Gasteiger partial charge in [-0.3, -0.25) is 0 Å². The lowest BCUT2D eigenvalue weighted by atomic mass is 9.78. The SMILES string of the molecule is Clc1cc(NC2CCOC3(CCCCC3)C2)ccn1. The van der Waals surface area contributed by atoms with E-state index in [2.05, 4.69) is 10.3 Å². The molecule has 1 N–H and O–H groups in total. The fourth-order valence-electron chi connectivity index (χ4n) is 3.42. The van der Waals surface area contributed by atoms with Crippen LogP contribution < -0.4 is 5.32 Å². The first-order chi connectivity index (χ1) is 9.26. The Balaban J connectivity index is 1.65. The van der Waals surface area contributed by atoms with E-state index >= 15 is 0 Å². The Morgan fingerprint density at radius 1 is 1.32 bits per heavy atom. The number of hydrogen-bond acceptors (Lipinski definition) is 3. The zero-order valence-electron chi connectivity index (χ0n) is 11.2. The molecule has 1 atom stereocenters. The highest BCUT2D eigenvalue weighted by atomic mass is 35.5. The molecule has 1 aromatic heterocycles. The Labute approximate surface area is 119 Å². The molecular formula is C15H21ClN2O. The molecule has 3 rings (SSSR count). The molecule has 19 heavy (non-hydrogen) atoms. The van der Waals surface area contributed by atoms with Gasteiger partial charge in [0.2, 0.25) is 0 Å². The second-order valence-corrected chi connectivity index (χ2v) is 6.18. The van der Waals surface area contributed by atoms with Crippen LogP contribution in [-0.4, -0.2) is 23.2 Å². The van der Waals surface area contributed by atoms with Crippen molar-refractivity contribution in [1.29, 1.82) is 0 Å². The lowest BCUT2D eigenvalue weighted by Gasteiger charge is -2.43. The van der Waals surface area contributed by atoms with Crippen LogP contribution in [0.5, 0.6) is 0 Å². The quantitative estimate of drug-likeness (QED) is 0.831. The molecule has 2 aliphatic rings. The monoisotopic (exact) mass is 280 g/mol. The Hall–Kier alpha value is -0.800. The van der Waals surface area contributed by atoms with E-state index in [1.54, 1.807) is 6.20 Å². The predicted octanol–water partition coefficient (Wildman–Crippen LogP) is 4.03. The van der Waals surface area contributed by atoms with Crippen molar-refractivity contribution in [1.82, 2.24) is 4.98 Å². The summed E-state index contributed by atoms with van der Waals surface area (Å²) in [4.78, 5) is 4.02. The van der Waals surface area contributed by atoms with Gasteiger partial charge in [-0.15, -0.1) is 0 Å². The van der Waals surface area contributed by atoms with Crippen molar-refractivity contribution in [2.75, 3.05) is 11.9 Å². The van der Waals surface area contributed by atoms with Gasteiger partial charge in [-0.05, 0) is 37.8 Å². The Bertz CT molecular complexity index is 426. The summed E-state index contributed by atoms with van der Waals surface area (Å²) in [5.41, 5.74) is 1.21. The number of pyridine rings is 1. The molecular weight excluding hydrogens is 260 g/mol. The Morgan fingerprint density at radius 2 is 2.16 bits per heavy atom. The number of ether oxygens (including phenoxy) is 1. The summed E-state index contributed by atoms with van der Waals surface area (Å²) in [7, 11) is 0. The molecule has 1 aliphatic carbocycles. The Morgan fingerprint density at radius 3 is 2.95 bits per heavy atom. The molecule has 2 fully saturated rings. The second kappa shape index (κ2) is 5.68. The maximum atomic E-state index is 6.12. The van der Waals surface area contributed by atoms with Crippen molar-refractivity contribution in [3.8, 4) is 0 Å². The van der Waals surface area contributed by atoms with Gasteiger partial charge in [-0.1, -0.05) is 30.9 Å². The highest BCUT2D eigenvalue weighted by Crippen LogP contribution is 2.39. The highest BCUT2D eigenvalue weighted by molar-refractivity contribution is 6.29. The minimum Gasteiger partial charge on any atom is -0.382 e. The van der Waals surface area contributed by atoms with Crippen molar-refractivity contribution < 1.29 is 4.74 Å². The molecule has 0 amide bonds. The maximum absolute atomic E-state index is 6.12. The second-order valence-electron chi connectivity index (χ2n) is 5.79. The van der Waals surface area contributed by atoms with Crippen LogP contribution in [-0.2, 0) is 4.74 Å². The predicted molar refractivity (Wildman–Crippen MR) is 77.7 cm³/mol. The molecule has 104 valence electrons. The molecule has 3 nitrogen and oxygen atoms in total. The maximum Gasteiger partial charge on any atom is 0.131 e. The van der Waals surface area contributed by atoms with Crippen molar-refractivity contribution in [2.45, 2.75) is 56.6 Å². The van der Waals surface area contributed by atoms with E-state index in [-0.39, 0.29) is 5.60 Å². The van der Waals surface area contributed by atoms with Crippen molar-refractivity contribution in [3.05, 3.63) is 23.5 Å². The van der Waals surface area contributed by atoms with Gasteiger partial charge in [0.05, 0.1) is 5.60 Å². The van der Waals surface area contributed by atoms with E-state index in [0.717, 1.165) is 25.1 Å². The molecule has 1 saturated carbocycles. The normalized spacial score (nSPS) is 26.3. The summed E-state index contributed by atoms with van der Waals surface area (Å²) < 4.78 is 6.12. The number of hydrogen-bond donors (Lipinski definition) is 1. The zero-order valence-corrected chi connectivity index (χ0v) is 12.0. The van der Waals surface area contributed by atoms with Crippen LogP contribution in [0.1, 0.15) is 44.9 Å². The lowest BCUT2D eigenvalue weighted by molar-refractivity contribution is -0.103. The van der Waals surface area contributed by atoms with Crippen molar-refractivity contribution in [3.63, 3.8) is 0 Å². The van der Waals surface area contributed by atoms with Crippen molar-refractivity contribution in [2.24, 2.45) is 0 Å². The molecule has 1 aliphatic heterocycles. The molecule has 1 saturated heterocycles. The summed E-state index contributed by atoms with van der Waals surface area (Å²) >= 11 is 5.93. The van der Waals surface area contributed by atoms with Gasteiger partial charge < -0.3 is 10.1 Å². The van der Waals surface area contributed by atoms with Gasteiger partial charge in [0.1, 0.15) is 5.15 Å². The van der Waals surface area contributed by atoms with Gasteiger partial charge in [0, 0.05) is 24.5 Å². The van der Waals surface area contributed by atoms with E-state index < -0.39 is 0 Å². The van der Waals surface area contributed by atoms with Gasteiger partial charge in [0.15, 0.2) is 0 Å². The van der Waals surface area contributed by atoms with E-state index in [1.807, 2.05) is 12.1 Å². The van der Waals surface area contributed by atoms with E-state index in [4.69, 9.17) is 16.3 Å². The smallest absolute Gasteiger partial charge is 0.131 e. The van der Waals surface area contributed by atoms with Crippen LogP contribution in [0.2, 0.25) is 5.15 Å². The summed E-state index contributed by atoms with van der Waals surface area (Å²) in [6, 6.07) is 4.37. The first-order valence-corrected chi connectivity index (χ1v) is 7.66. The number of rotatable bonds is 2.